The molecule has 0 bridgehead atoms. The Kier molecular flexibility index (Phi) is 4.53. The Bertz CT molecular complexity index is 484. The van der Waals surface area contributed by atoms with Gasteiger partial charge in [-0.25, -0.2) is 4.68 Å². The first kappa shape index (κ1) is 14.3. The summed E-state index contributed by atoms with van der Waals surface area (Å²) >= 11 is 0. The van der Waals surface area contributed by atoms with Gasteiger partial charge in [0.2, 0.25) is 0 Å². The van der Waals surface area contributed by atoms with Gasteiger partial charge < -0.3 is 0 Å². The van der Waals surface area contributed by atoms with Gasteiger partial charge in [-0.1, -0.05) is 31.5 Å². The van der Waals surface area contributed by atoms with E-state index in [1.165, 1.54) is 10.9 Å². The Morgan fingerprint density at radius 1 is 1.00 bits per heavy atom. The molecule has 98 valence electrons. The molecule has 1 aromatic carbocycles. The molecule has 0 saturated carbocycles. The van der Waals surface area contributed by atoms with E-state index < -0.39 is 11.9 Å². The van der Waals surface area contributed by atoms with Crippen LogP contribution in [0, 0.1) is 6.92 Å². The summed E-state index contributed by atoms with van der Waals surface area (Å²) in [6.45, 7) is 5.91. The molecular weight excluding hydrogens is 241 g/mol. The molecule has 2 rings (SSSR count). The molecule has 0 fully saturated rings. The van der Waals surface area contributed by atoms with Crippen molar-refractivity contribution in [2.75, 3.05) is 0 Å². The van der Waals surface area contributed by atoms with E-state index >= 15 is 0 Å². The van der Waals surface area contributed by atoms with Gasteiger partial charge in [-0.15, -0.1) is 0 Å². The summed E-state index contributed by atoms with van der Waals surface area (Å²) in [7, 11) is 0. The van der Waals surface area contributed by atoms with Crippen LogP contribution in [-0.4, -0.2) is 9.78 Å². The molecule has 0 N–H and O–H groups in total. The van der Waals surface area contributed by atoms with Crippen molar-refractivity contribution in [3.8, 4) is 5.69 Å². The van der Waals surface area contributed by atoms with Crippen molar-refractivity contribution in [3.63, 3.8) is 0 Å². The number of hydrogen-bond donors (Lipinski definition) is 0. The molecule has 0 unspecified atom stereocenters. The topological polar surface area (TPSA) is 17.8 Å². The zero-order valence-corrected chi connectivity index (χ0v) is 10.5. The number of benzene rings is 1. The summed E-state index contributed by atoms with van der Waals surface area (Å²) in [4.78, 5) is 0. The fourth-order valence-corrected chi connectivity index (χ4v) is 1.32. The first-order chi connectivity index (χ1) is 8.47. The molecule has 2 nitrogen and oxygen atoms in total. The lowest BCUT2D eigenvalue weighted by molar-refractivity contribution is -0.141. The summed E-state index contributed by atoms with van der Waals surface area (Å²) in [6.07, 6.45) is -3.09. The minimum atomic E-state index is -4.39. The lowest BCUT2D eigenvalue weighted by atomic mass is 10.2. The van der Waals surface area contributed by atoms with Crippen LogP contribution in [0.4, 0.5) is 13.2 Å². The standard InChI is InChI=1S/C11H9F3N2.C2H6/c1-8-2-4-9(5-3-8)16-7-6-10(15-16)11(12,13)14;1-2/h2-7H,1H3;1-2H3. The van der Waals surface area contributed by atoms with Crippen LogP contribution in [0.2, 0.25) is 0 Å². The van der Waals surface area contributed by atoms with Crippen LogP contribution < -0.4 is 0 Å². The quantitative estimate of drug-likeness (QED) is 0.746. The van der Waals surface area contributed by atoms with Crippen molar-refractivity contribution in [2.24, 2.45) is 0 Å². The summed E-state index contributed by atoms with van der Waals surface area (Å²) in [5, 5.41) is 3.47. The van der Waals surface area contributed by atoms with Gasteiger partial charge in [0.1, 0.15) is 0 Å². The first-order valence-corrected chi connectivity index (χ1v) is 5.67. The van der Waals surface area contributed by atoms with Crippen LogP contribution in [0.3, 0.4) is 0 Å². The second-order valence-corrected chi connectivity index (χ2v) is 3.48. The van der Waals surface area contributed by atoms with Crippen LogP contribution in [0.25, 0.3) is 5.69 Å². The maximum Gasteiger partial charge on any atom is 0.435 e. The number of aromatic nitrogens is 2. The largest absolute Gasteiger partial charge is 0.435 e. The average molecular weight is 256 g/mol. The number of halogens is 3. The van der Waals surface area contributed by atoms with Crippen molar-refractivity contribution in [1.82, 2.24) is 9.78 Å². The third kappa shape index (κ3) is 3.35. The van der Waals surface area contributed by atoms with E-state index in [0.717, 1.165) is 11.6 Å². The summed E-state index contributed by atoms with van der Waals surface area (Å²) < 4.78 is 38.1. The average Bonchev–Trinajstić information content (AvgIpc) is 2.82. The number of alkyl halides is 3. The number of rotatable bonds is 1. The maximum atomic E-state index is 12.3. The lowest BCUT2D eigenvalue weighted by Gasteiger charge is -2.03. The second-order valence-electron chi connectivity index (χ2n) is 3.48. The molecule has 0 aliphatic heterocycles. The van der Waals surface area contributed by atoms with E-state index in [1.807, 2.05) is 32.9 Å². The predicted octanol–water partition coefficient (Wildman–Crippen LogP) is 4.23. The number of nitrogens with zero attached hydrogens (tertiary/aromatic N) is 2. The summed E-state index contributed by atoms with van der Waals surface area (Å²) in [6, 6.07) is 8.05. The molecular formula is C13H15F3N2. The van der Waals surface area contributed by atoms with Gasteiger partial charge in [0, 0.05) is 6.20 Å². The Labute approximate surface area is 104 Å². The summed E-state index contributed by atoms with van der Waals surface area (Å²) in [5.74, 6) is 0. The predicted molar refractivity (Wildman–Crippen MR) is 64.7 cm³/mol. The van der Waals surface area contributed by atoms with Gasteiger partial charge >= 0.3 is 6.18 Å². The van der Waals surface area contributed by atoms with E-state index in [0.29, 0.717) is 5.69 Å². The molecule has 18 heavy (non-hydrogen) atoms. The van der Waals surface area contributed by atoms with Gasteiger partial charge in [-0.3, -0.25) is 0 Å². The molecule has 0 amide bonds. The molecule has 0 spiro atoms. The van der Waals surface area contributed by atoms with Crippen molar-refractivity contribution in [1.29, 1.82) is 0 Å². The molecule has 2 aromatic rings. The molecule has 0 saturated heterocycles. The third-order valence-corrected chi connectivity index (χ3v) is 2.18. The smallest absolute Gasteiger partial charge is 0.240 e. The number of hydrogen-bond acceptors (Lipinski definition) is 1. The molecule has 1 aromatic heterocycles. The highest BCUT2D eigenvalue weighted by atomic mass is 19.4. The second kappa shape index (κ2) is 5.71. The fraction of sp³-hybridized carbons (Fsp3) is 0.308. The normalized spacial score (nSPS) is 10.8. The molecule has 0 aliphatic carbocycles. The molecule has 1 heterocycles. The van der Waals surface area contributed by atoms with Crippen LogP contribution in [0.5, 0.6) is 0 Å². The molecule has 0 atom stereocenters. The highest BCUT2D eigenvalue weighted by Crippen LogP contribution is 2.27. The Morgan fingerprint density at radius 2 is 1.56 bits per heavy atom. The van der Waals surface area contributed by atoms with Crippen molar-refractivity contribution in [2.45, 2.75) is 26.9 Å². The van der Waals surface area contributed by atoms with E-state index in [9.17, 15) is 13.2 Å². The third-order valence-electron chi connectivity index (χ3n) is 2.18. The van der Waals surface area contributed by atoms with Crippen molar-refractivity contribution < 1.29 is 13.2 Å². The van der Waals surface area contributed by atoms with Crippen molar-refractivity contribution >= 4 is 0 Å². The Morgan fingerprint density at radius 3 is 2.00 bits per heavy atom. The van der Waals surface area contributed by atoms with E-state index in [-0.39, 0.29) is 0 Å². The van der Waals surface area contributed by atoms with Gasteiger partial charge in [0.05, 0.1) is 5.69 Å². The molecule has 5 heteroatoms. The van der Waals surface area contributed by atoms with Gasteiger partial charge in [-0.05, 0) is 25.1 Å². The highest BCUT2D eigenvalue weighted by molar-refractivity contribution is 5.33. The van der Waals surface area contributed by atoms with Gasteiger partial charge in [-0.2, -0.15) is 18.3 Å². The fourth-order valence-electron chi connectivity index (χ4n) is 1.32. The van der Waals surface area contributed by atoms with Crippen LogP contribution in [0.15, 0.2) is 36.5 Å². The van der Waals surface area contributed by atoms with Crippen LogP contribution in [-0.2, 0) is 6.18 Å². The van der Waals surface area contributed by atoms with Crippen LogP contribution >= 0.6 is 0 Å². The van der Waals surface area contributed by atoms with Crippen LogP contribution in [0.1, 0.15) is 25.1 Å². The SMILES string of the molecule is CC.Cc1ccc(-n2ccc(C(F)(F)F)n2)cc1. The monoisotopic (exact) mass is 256 g/mol. The Balaban J connectivity index is 0.000000771. The Hall–Kier alpha value is -1.78. The van der Waals surface area contributed by atoms with Gasteiger partial charge in [0.15, 0.2) is 5.69 Å². The van der Waals surface area contributed by atoms with E-state index in [2.05, 4.69) is 5.10 Å². The van der Waals surface area contributed by atoms with Gasteiger partial charge in [0.25, 0.3) is 0 Å². The van der Waals surface area contributed by atoms with E-state index in [4.69, 9.17) is 0 Å². The number of aryl methyl sites for hydroxylation is 1. The lowest BCUT2D eigenvalue weighted by Crippen LogP contribution is -2.07. The zero-order valence-electron chi connectivity index (χ0n) is 10.5. The molecule has 0 radical (unpaired) electrons. The first-order valence-electron chi connectivity index (χ1n) is 5.67. The summed E-state index contributed by atoms with van der Waals surface area (Å²) in [5.41, 5.74) is 0.779. The highest BCUT2D eigenvalue weighted by Gasteiger charge is 2.33. The molecule has 0 aliphatic rings. The minimum Gasteiger partial charge on any atom is -0.240 e. The van der Waals surface area contributed by atoms with Crippen molar-refractivity contribution in [3.05, 3.63) is 47.8 Å². The zero-order chi connectivity index (χ0) is 13.8. The van der Waals surface area contributed by atoms with E-state index in [1.54, 1.807) is 12.1 Å². The minimum absolute atomic E-state index is 0.612. The maximum absolute atomic E-state index is 12.3.